The SMILES string of the molecule is COc1ccc(NC(=O)c2cnc(-c3ccccc3)o2)cc1OC. The van der Waals surface area contributed by atoms with Gasteiger partial charge in [-0.2, -0.15) is 0 Å². The average molecular weight is 324 g/mol. The van der Waals surface area contributed by atoms with Crippen LogP contribution in [0.1, 0.15) is 10.6 Å². The molecule has 0 unspecified atom stereocenters. The van der Waals surface area contributed by atoms with E-state index in [4.69, 9.17) is 13.9 Å². The lowest BCUT2D eigenvalue weighted by molar-refractivity contribution is 0.0997. The first kappa shape index (κ1) is 15.6. The molecule has 0 spiro atoms. The number of carbonyl (C=O) groups is 1. The first-order valence-corrected chi connectivity index (χ1v) is 7.26. The number of ether oxygens (including phenoxy) is 2. The van der Waals surface area contributed by atoms with Crippen LogP contribution in [-0.2, 0) is 0 Å². The van der Waals surface area contributed by atoms with Gasteiger partial charge in [0.25, 0.3) is 5.91 Å². The van der Waals surface area contributed by atoms with Crippen LogP contribution < -0.4 is 14.8 Å². The van der Waals surface area contributed by atoms with Crippen molar-refractivity contribution in [3.05, 3.63) is 60.5 Å². The fourth-order valence-corrected chi connectivity index (χ4v) is 2.20. The van der Waals surface area contributed by atoms with Gasteiger partial charge in [0.05, 0.1) is 20.4 Å². The Kier molecular flexibility index (Phi) is 4.47. The number of hydrogen-bond acceptors (Lipinski definition) is 5. The summed E-state index contributed by atoms with van der Waals surface area (Å²) in [5.74, 6) is 1.24. The zero-order valence-corrected chi connectivity index (χ0v) is 13.3. The van der Waals surface area contributed by atoms with Gasteiger partial charge >= 0.3 is 0 Å². The molecule has 0 aliphatic carbocycles. The van der Waals surface area contributed by atoms with Crippen molar-refractivity contribution in [2.24, 2.45) is 0 Å². The van der Waals surface area contributed by atoms with E-state index in [1.807, 2.05) is 30.3 Å². The summed E-state index contributed by atoms with van der Waals surface area (Å²) < 4.78 is 15.9. The summed E-state index contributed by atoms with van der Waals surface area (Å²) >= 11 is 0. The Hall–Kier alpha value is -3.28. The Balaban J connectivity index is 1.77. The van der Waals surface area contributed by atoms with E-state index in [-0.39, 0.29) is 5.76 Å². The number of oxazole rings is 1. The summed E-state index contributed by atoms with van der Waals surface area (Å²) in [5.41, 5.74) is 1.37. The van der Waals surface area contributed by atoms with E-state index in [2.05, 4.69) is 10.3 Å². The number of amides is 1. The van der Waals surface area contributed by atoms with E-state index >= 15 is 0 Å². The number of benzene rings is 2. The second-order valence-electron chi connectivity index (χ2n) is 4.92. The molecule has 1 heterocycles. The summed E-state index contributed by atoms with van der Waals surface area (Å²) in [6.07, 6.45) is 1.40. The lowest BCUT2D eigenvalue weighted by atomic mass is 10.2. The van der Waals surface area contributed by atoms with E-state index in [0.717, 1.165) is 5.56 Å². The molecule has 0 saturated carbocycles. The predicted octanol–water partition coefficient (Wildman–Crippen LogP) is 3.61. The predicted molar refractivity (Wildman–Crippen MR) is 89.4 cm³/mol. The minimum atomic E-state index is -0.392. The summed E-state index contributed by atoms with van der Waals surface area (Å²) in [6.45, 7) is 0. The van der Waals surface area contributed by atoms with Gasteiger partial charge in [0.15, 0.2) is 11.5 Å². The molecule has 3 aromatic rings. The largest absolute Gasteiger partial charge is 0.493 e. The Morgan fingerprint density at radius 3 is 2.50 bits per heavy atom. The number of anilines is 1. The summed E-state index contributed by atoms with van der Waals surface area (Å²) in [7, 11) is 3.09. The van der Waals surface area contributed by atoms with Gasteiger partial charge in [0, 0.05) is 17.3 Å². The third kappa shape index (κ3) is 3.22. The fraction of sp³-hybridized carbons (Fsp3) is 0.111. The zero-order valence-electron chi connectivity index (χ0n) is 13.3. The lowest BCUT2D eigenvalue weighted by Crippen LogP contribution is -2.11. The molecule has 3 rings (SSSR count). The number of nitrogens with zero attached hydrogens (tertiary/aromatic N) is 1. The molecular formula is C18H16N2O4. The Labute approximate surface area is 139 Å². The van der Waals surface area contributed by atoms with Crippen molar-refractivity contribution in [2.45, 2.75) is 0 Å². The molecule has 0 atom stereocenters. The first-order chi connectivity index (χ1) is 11.7. The van der Waals surface area contributed by atoms with Crippen molar-refractivity contribution < 1.29 is 18.7 Å². The highest BCUT2D eigenvalue weighted by Crippen LogP contribution is 2.30. The number of rotatable bonds is 5. The molecule has 1 N–H and O–H groups in total. The maximum atomic E-state index is 12.3. The second kappa shape index (κ2) is 6.87. The second-order valence-corrected chi connectivity index (χ2v) is 4.92. The van der Waals surface area contributed by atoms with Gasteiger partial charge in [-0.15, -0.1) is 0 Å². The van der Waals surface area contributed by atoms with Gasteiger partial charge < -0.3 is 19.2 Å². The number of carbonyl (C=O) groups excluding carboxylic acids is 1. The third-order valence-electron chi connectivity index (χ3n) is 3.39. The van der Waals surface area contributed by atoms with Crippen LogP contribution in [-0.4, -0.2) is 25.1 Å². The zero-order chi connectivity index (χ0) is 16.9. The molecule has 0 fully saturated rings. The van der Waals surface area contributed by atoms with Crippen LogP contribution in [0.3, 0.4) is 0 Å². The molecule has 6 nitrogen and oxygen atoms in total. The average Bonchev–Trinajstić information content (AvgIpc) is 3.12. The standard InChI is InChI=1S/C18H16N2O4/c1-22-14-9-8-13(10-15(14)23-2)20-17(21)16-11-19-18(24-16)12-6-4-3-5-7-12/h3-11H,1-2H3,(H,20,21). The topological polar surface area (TPSA) is 73.6 Å². The van der Waals surface area contributed by atoms with E-state index in [1.165, 1.54) is 13.3 Å². The molecule has 122 valence electrons. The van der Waals surface area contributed by atoms with Gasteiger partial charge in [-0.25, -0.2) is 4.98 Å². The van der Waals surface area contributed by atoms with Crippen LogP contribution in [0.5, 0.6) is 11.5 Å². The molecule has 24 heavy (non-hydrogen) atoms. The minimum absolute atomic E-state index is 0.128. The Bertz CT molecular complexity index is 843. The first-order valence-electron chi connectivity index (χ1n) is 7.26. The number of aromatic nitrogens is 1. The normalized spacial score (nSPS) is 10.2. The highest BCUT2D eigenvalue weighted by Gasteiger charge is 2.15. The van der Waals surface area contributed by atoms with Gasteiger partial charge in [-0.05, 0) is 24.3 Å². The minimum Gasteiger partial charge on any atom is -0.493 e. The van der Waals surface area contributed by atoms with Crippen molar-refractivity contribution >= 4 is 11.6 Å². The highest BCUT2D eigenvalue weighted by molar-refractivity contribution is 6.02. The lowest BCUT2D eigenvalue weighted by Gasteiger charge is -2.09. The van der Waals surface area contributed by atoms with Crippen LogP contribution in [0.2, 0.25) is 0 Å². The monoisotopic (exact) mass is 324 g/mol. The molecule has 0 aliphatic rings. The van der Waals surface area contributed by atoms with E-state index in [9.17, 15) is 4.79 Å². The van der Waals surface area contributed by atoms with E-state index in [0.29, 0.717) is 23.1 Å². The van der Waals surface area contributed by atoms with Crippen molar-refractivity contribution in [3.8, 4) is 23.0 Å². The summed E-state index contributed by atoms with van der Waals surface area (Å²) in [5, 5.41) is 2.74. The van der Waals surface area contributed by atoms with Crippen LogP contribution in [0, 0.1) is 0 Å². The molecular weight excluding hydrogens is 308 g/mol. The number of methoxy groups -OCH3 is 2. The van der Waals surface area contributed by atoms with Crippen LogP contribution in [0.15, 0.2) is 59.1 Å². The quantitative estimate of drug-likeness (QED) is 0.776. The molecule has 6 heteroatoms. The van der Waals surface area contributed by atoms with Crippen molar-refractivity contribution in [1.29, 1.82) is 0 Å². The summed E-state index contributed by atoms with van der Waals surface area (Å²) in [6, 6.07) is 14.5. The molecule has 0 saturated heterocycles. The molecule has 1 aromatic heterocycles. The van der Waals surface area contributed by atoms with Crippen molar-refractivity contribution in [2.75, 3.05) is 19.5 Å². The van der Waals surface area contributed by atoms with Crippen LogP contribution >= 0.6 is 0 Å². The van der Waals surface area contributed by atoms with Crippen molar-refractivity contribution in [3.63, 3.8) is 0 Å². The molecule has 0 aliphatic heterocycles. The highest BCUT2D eigenvalue weighted by atomic mass is 16.5. The fourth-order valence-electron chi connectivity index (χ4n) is 2.20. The maximum absolute atomic E-state index is 12.3. The van der Waals surface area contributed by atoms with Crippen LogP contribution in [0.25, 0.3) is 11.5 Å². The van der Waals surface area contributed by atoms with Crippen molar-refractivity contribution in [1.82, 2.24) is 4.98 Å². The Morgan fingerprint density at radius 2 is 1.79 bits per heavy atom. The third-order valence-corrected chi connectivity index (χ3v) is 3.39. The number of nitrogens with one attached hydrogen (secondary N) is 1. The molecule has 1 amide bonds. The summed E-state index contributed by atoms with van der Waals surface area (Å²) in [4.78, 5) is 16.4. The number of hydrogen-bond donors (Lipinski definition) is 1. The van der Waals surface area contributed by atoms with Gasteiger partial charge in [-0.1, -0.05) is 18.2 Å². The molecule has 0 bridgehead atoms. The Morgan fingerprint density at radius 1 is 1.04 bits per heavy atom. The smallest absolute Gasteiger partial charge is 0.293 e. The van der Waals surface area contributed by atoms with Crippen LogP contribution in [0.4, 0.5) is 5.69 Å². The molecule has 0 radical (unpaired) electrons. The van der Waals surface area contributed by atoms with Gasteiger partial charge in [0.2, 0.25) is 11.7 Å². The van der Waals surface area contributed by atoms with Gasteiger partial charge in [-0.3, -0.25) is 4.79 Å². The van der Waals surface area contributed by atoms with Gasteiger partial charge in [0.1, 0.15) is 0 Å². The van der Waals surface area contributed by atoms with E-state index < -0.39 is 5.91 Å². The maximum Gasteiger partial charge on any atom is 0.293 e. The molecule has 2 aromatic carbocycles. The van der Waals surface area contributed by atoms with E-state index in [1.54, 1.807) is 25.3 Å².